The van der Waals surface area contributed by atoms with Gasteiger partial charge in [-0.05, 0) is 98.9 Å². The highest BCUT2D eigenvalue weighted by atomic mass is 35.5. The Hall–Kier alpha value is -2.15. The molecule has 0 aliphatic heterocycles. The molecule has 0 unspecified atom stereocenters. The van der Waals surface area contributed by atoms with Crippen molar-refractivity contribution in [3.05, 3.63) is 68.7 Å². The van der Waals surface area contributed by atoms with E-state index in [9.17, 15) is 10.1 Å². The molecule has 2 N–H and O–H groups in total. The van der Waals surface area contributed by atoms with E-state index in [1.54, 1.807) is 12.1 Å². The minimum Gasteiger partial charge on any atom is -0.490 e. The number of hydrogen-bond acceptors (Lipinski definition) is 5. The van der Waals surface area contributed by atoms with Gasteiger partial charge in [0.1, 0.15) is 0 Å². The van der Waals surface area contributed by atoms with E-state index in [1.807, 2.05) is 18.2 Å². The van der Waals surface area contributed by atoms with Crippen molar-refractivity contribution in [2.75, 3.05) is 7.11 Å². The van der Waals surface area contributed by atoms with Crippen LogP contribution in [0, 0.1) is 22.0 Å². The summed E-state index contributed by atoms with van der Waals surface area (Å²) in [4.78, 5) is 13.7. The summed E-state index contributed by atoms with van der Waals surface area (Å²) >= 11 is 6.11. The van der Waals surface area contributed by atoms with Gasteiger partial charge in [-0.15, -0.1) is 0 Å². The van der Waals surface area contributed by atoms with Gasteiger partial charge in [0.05, 0.1) is 12.0 Å². The largest absolute Gasteiger partial charge is 0.490 e. The number of nitrogens with two attached hydrogens (primary N) is 1. The predicted molar refractivity (Wildman–Crippen MR) is 141 cm³/mol. The molecule has 190 valence electrons. The molecule has 2 aliphatic rings. The van der Waals surface area contributed by atoms with Crippen LogP contribution in [0.4, 0.5) is 5.69 Å². The first-order chi connectivity index (χ1) is 16.9. The van der Waals surface area contributed by atoms with Gasteiger partial charge >= 0.3 is 5.69 Å². The van der Waals surface area contributed by atoms with Crippen LogP contribution in [0.25, 0.3) is 0 Å². The Bertz CT molecular complexity index is 968. The van der Waals surface area contributed by atoms with Crippen molar-refractivity contribution >= 4 is 17.3 Å². The van der Waals surface area contributed by atoms with E-state index in [2.05, 4.69) is 17.0 Å². The number of methoxy groups -OCH3 is 1. The zero-order valence-corrected chi connectivity index (χ0v) is 21.5. The molecule has 0 heterocycles. The van der Waals surface area contributed by atoms with Crippen molar-refractivity contribution in [3.8, 4) is 5.75 Å². The minimum atomic E-state index is -0.366. The van der Waals surface area contributed by atoms with Gasteiger partial charge in [0.25, 0.3) is 0 Å². The van der Waals surface area contributed by atoms with Crippen molar-refractivity contribution in [1.82, 2.24) is 4.90 Å². The van der Waals surface area contributed by atoms with Crippen molar-refractivity contribution < 1.29 is 9.66 Å². The Balaban J connectivity index is 1.44. The fourth-order valence-electron chi connectivity index (χ4n) is 5.99. The second kappa shape index (κ2) is 12.2. The summed E-state index contributed by atoms with van der Waals surface area (Å²) in [5.74, 6) is 1.96. The summed E-state index contributed by atoms with van der Waals surface area (Å²) < 4.78 is 5.20. The SMILES string of the molecule is COc1ccc(CN(Cc2ccc(Cl)cc2)C2CCC(CC3CCC(N)CC3)CC2)cc1[N+](=O)[O-]. The van der Waals surface area contributed by atoms with Crippen molar-refractivity contribution in [1.29, 1.82) is 0 Å². The topological polar surface area (TPSA) is 81.6 Å². The van der Waals surface area contributed by atoms with E-state index in [-0.39, 0.29) is 10.6 Å². The van der Waals surface area contributed by atoms with Crippen molar-refractivity contribution in [3.63, 3.8) is 0 Å². The van der Waals surface area contributed by atoms with E-state index < -0.39 is 0 Å². The average molecular weight is 500 g/mol. The molecule has 7 heteroatoms. The van der Waals surface area contributed by atoms with Gasteiger partial charge < -0.3 is 10.5 Å². The zero-order chi connectivity index (χ0) is 24.8. The van der Waals surface area contributed by atoms with Crippen LogP contribution >= 0.6 is 11.6 Å². The monoisotopic (exact) mass is 499 g/mol. The number of ether oxygens (including phenoxy) is 1. The summed E-state index contributed by atoms with van der Waals surface area (Å²) in [6.07, 6.45) is 11.2. The molecule has 0 atom stereocenters. The number of nitrogens with zero attached hydrogens (tertiary/aromatic N) is 2. The van der Waals surface area contributed by atoms with Crippen LogP contribution in [0.5, 0.6) is 5.75 Å². The summed E-state index contributed by atoms with van der Waals surface area (Å²) in [6.45, 7) is 1.47. The fourth-order valence-corrected chi connectivity index (χ4v) is 6.12. The molecule has 0 radical (unpaired) electrons. The number of nitro benzene ring substituents is 1. The lowest BCUT2D eigenvalue weighted by atomic mass is 9.75. The second-order valence-electron chi connectivity index (χ2n) is 10.5. The molecule has 6 nitrogen and oxygen atoms in total. The Morgan fingerprint density at radius 1 is 0.943 bits per heavy atom. The molecule has 2 aromatic carbocycles. The molecule has 0 aromatic heterocycles. The van der Waals surface area contributed by atoms with Gasteiger partial charge in [0.2, 0.25) is 0 Å². The third kappa shape index (κ3) is 7.18. The molecule has 35 heavy (non-hydrogen) atoms. The van der Waals surface area contributed by atoms with Crippen molar-refractivity contribution in [2.45, 2.75) is 83.0 Å². The van der Waals surface area contributed by atoms with Gasteiger partial charge in [0.15, 0.2) is 5.75 Å². The predicted octanol–water partition coefficient (Wildman–Crippen LogP) is 6.73. The van der Waals surface area contributed by atoms with Crippen LogP contribution < -0.4 is 10.5 Å². The van der Waals surface area contributed by atoms with E-state index in [0.29, 0.717) is 24.4 Å². The zero-order valence-electron chi connectivity index (χ0n) is 20.7. The summed E-state index contributed by atoms with van der Waals surface area (Å²) in [5, 5.41) is 12.3. The van der Waals surface area contributed by atoms with E-state index in [4.69, 9.17) is 22.1 Å². The Morgan fingerprint density at radius 3 is 2.11 bits per heavy atom. The standard InChI is InChI=1S/C28H38ClN3O3/c1-35-28-15-8-23(17-27(28)32(33)34)19-31(18-22-2-9-24(29)10-3-22)26-13-6-21(7-14-26)16-20-4-11-25(30)12-5-20/h2-3,8-10,15,17,20-21,25-26H,4-7,11-14,16,18-19,30H2,1H3. The van der Waals surface area contributed by atoms with Crippen LogP contribution in [0.1, 0.15) is 68.9 Å². The number of hydrogen-bond donors (Lipinski definition) is 1. The maximum atomic E-state index is 11.6. The van der Waals surface area contributed by atoms with Gasteiger partial charge in [-0.1, -0.05) is 29.8 Å². The summed E-state index contributed by atoms with van der Waals surface area (Å²) in [7, 11) is 1.47. The maximum Gasteiger partial charge on any atom is 0.311 e. The smallest absolute Gasteiger partial charge is 0.311 e. The molecule has 2 aliphatic carbocycles. The number of nitro groups is 1. The molecule has 0 saturated heterocycles. The number of halogens is 1. The van der Waals surface area contributed by atoms with Crippen LogP contribution in [0.15, 0.2) is 42.5 Å². The molecule has 0 spiro atoms. The molecule has 0 amide bonds. The lowest BCUT2D eigenvalue weighted by Gasteiger charge is -2.38. The minimum absolute atomic E-state index is 0.0207. The Morgan fingerprint density at radius 2 is 1.51 bits per heavy atom. The van der Waals surface area contributed by atoms with Gasteiger partial charge in [-0.3, -0.25) is 15.0 Å². The quantitative estimate of drug-likeness (QED) is 0.305. The molecule has 2 aromatic rings. The van der Waals surface area contributed by atoms with Gasteiger partial charge in [-0.25, -0.2) is 0 Å². The lowest BCUT2D eigenvalue weighted by molar-refractivity contribution is -0.385. The van der Waals surface area contributed by atoms with Crippen molar-refractivity contribution in [2.24, 2.45) is 17.6 Å². The highest BCUT2D eigenvalue weighted by Gasteiger charge is 2.29. The maximum absolute atomic E-state index is 11.6. The Kier molecular flexibility index (Phi) is 9.04. The number of benzene rings is 2. The molecular formula is C28H38ClN3O3. The summed E-state index contributed by atoms with van der Waals surface area (Å²) in [6, 6.07) is 14.2. The average Bonchev–Trinajstić information content (AvgIpc) is 2.87. The highest BCUT2D eigenvalue weighted by molar-refractivity contribution is 6.30. The number of rotatable bonds is 9. The van der Waals surface area contributed by atoms with E-state index >= 15 is 0 Å². The van der Waals surface area contributed by atoms with Crippen LogP contribution in [-0.4, -0.2) is 29.0 Å². The van der Waals surface area contributed by atoms with Gasteiger partial charge in [-0.2, -0.15) is 0 Å². The first-order valence-corrected chi connectivity index (χ1v) is 13.3. The Labute approximate surface area is 213 Å². The first kappa shape index (κ1) is 25.9. The normalized spacial score (nSPS) is 24.9. The van der Waals surface area contributed by atoms with Crippen LogP contribution in [0.2, 0.25) is 5.02 Å². The fraction of sp³-hybridized carbons (Fsp3) is 0.571. The second-order valence-corrected chi connectivity index (χ2v) is 10.9. The third-order valence-electron chi connectivity index (χ3n) is 8.02. The van der Waals surface area contributed by atoms with E-state index in [1.165, 1.54) is 70.5 Å². The van der Waals surface area contributed by atoms with Crippen LogP contribution in [0.3, 0.4) is 0 Å². The molecular weight excluding hydrogens is 462 g/mol. The molecule has 4 rings (SSSR count). The molecule has 2 saturated carbocycles. The van der Waals surface area contributed by atoms with Gasteiger partial charge in [0, 0.05) is 36.3 Å². The molecule has 2 fully saturated rings. The highest BCUT2D eigenvalue weighted by Crippen LogP contribution is 2.37. The van der Waals surface area contributed by atoms with E-state index in [0.717, 1.165) is 29.0 Å². The van der Waals surface area contributed by atoms with Crippen LogP contribution in [-0.2, 0) is 13.1 Å². The summed E-state index contributed by atoms with van der Waals surface area (Å²) in [5.41, 5.74) is 8.27. The lowest BCUT2D eigenvalue weighted by Crippen LogP contribution is -2.37. The first-order valence-electron chi connectivity index (χ1n) is 13.0. The third-order valence-corrected chi connectivity index (χ3v) is 8.27. The molecule has 0 bridgehead atoms.